The Bertz CT molecular complexity index is 2480. The van der Waals surface area contributed by atoms with Crippen LogP contribution in [-0.2, 0) is 0 Å². The molecule has 0 aliphatic heterocycles. The molecule has 4 heterocycles. The Balaban J connectivity index is 1.30. The number of benzene rings is 5. The quantitative estimate of drug-likeness (QED) is 0.217. The van der Waals surface area contributed by atoms with E-state index >= 15 is 0 Å². The number of hydrogen-bond acceptors (Lipinski definition) is 6. The number of para-hydroxylation sites is 1. The van der Waals surface area contributed by atoms with Crippen LogP contribution in [-0.4, -0.2) is 19.9 Å². The maximum absolute atomic E-state index is 6.16. The molecular formula is C36H20N4OS. The number of thiophene rings is 1. The van der Waals surface area contributed by atoms with Gasteiger partial charge in [0.25, 0.3) is 0 Å². The second kappa shape index (κ2) is 9.03. The smallest absolute Gasteiger partial charge is 0.183 e. The highest BCUT2D eigenvalue weighted by atomic mass is 32.1. The van der Waals surface area contributed by atoms with Gasteiger partial charge in [-0.3, -0.25) is 4.98 Å². The average molecular weight is 557 g/mol. The largest absolute Gasteiger partial charge is 0.456 e. The predicted molar refractivity (Wildman–Crippen MR) is 172 cm³/mol. The normalized spacial score (nSPS) is 11.8. The monoisotopic (exact) mass is 556 g/mol. The average Bonchev–Trinajstić information content (AvgIpc) is 3.63. The first-order valence-corrected chi connectivity index (χ1v) is 14.5. The second-order valence-corrected chi connectivity index (χ2v) is 11.4. The summed E-state index contributed by atoms with van der Waals surface area (Å²) in [5, 5.41) is 6.61. The molecule has 0 fully saturated rings. The van der Waals surface area contributed by atoms with E-state index in [0.717, 1.165) is 43.8 Å². The van der Waals surface area contributed by atoms with Gasteiger partial charge in [-0.05, 0) is 53.9 Å². The van der Waals surface area contributed by atoms with Crippen LogP contribution in [0.3, 0.4) is 0 Å². The molecule has 0 saturated carbocycles. The maximum Gasteiger partial charge on any atom is 0.183 e. The second-order valence-electron chi connectivity index (χ2n) is 10.3. The molecule has 6 heteroatoms. The van der Waals surface area contributed by atoms with Crippen molar-refractivity contribution in [3.8, 4) is 34.3 Å². The van der Waals surface area contributed by atoms with E-state index in [9.17, 15) is 0 Å². The highest BCUT2D eigenvalue weighted by molar-refractivity contribution is 7.25. The van der Waals surface area contributed by atoms with Crippen molar-refractivity contribution in [2.75, 3.05) is 0 Å². The fourth-order valence-corrected chi connectivity index (χ4v) is 6.94. The first-order valence-electron chi connectivity index (χ1n) is 13.7. The minimum Gasteiger partial charge on any atom is -0.456 e. The summed E-state index contributed by atoms with van der Waals surface area (Å²) < 4.78 is 8.67. The Labute approximate surface area is 243 Å². The lowest BCUT2D eigenvalue weighted by molar-refractivity contribution is 0.669. The summed E-state index contributed by atoms with van der Waals surface area (Å²) in [6.45, 7) is 0. The molecule has 0 N–H and O–H groups in total. The fourth-order valence-electron chi connectivity index (χ4n) is 5.85. The summed E-state index contributed by atoms with van der Waals surface area (Å²) in [6, 6.07) is 39.2. The Hall–Kier alpha value is -5.46. The summed E-state index contributed by atoms with van der Waals surface area (Å²) in [4.78, 5) is 19.8. The molecule has 0 unspecified atom stereocenters. The lowest BCUT2D eigenvalue weighted by Gasteiger charge is -2.10. The number of fused-ring (bicyclic) bond motifs is 8. The van der Waals surface area contributed by atoms with Gasteiger partial charge in [0.05, 0.1) is 0 Å². The minimum atomic E-state index is 0.534. The highest BCUT2D eigenvalue weighted by Gasteiger charge is 2.18. The van der Waals surface area contributed by atoms with Crippen molar-refractivity contribution < 1.29 is 4.42 Å². The molecule has 0 bridgehead atoms. The van der Waals surface area contributed by atoms with E-state index in [4.69, 9.17) is 24.4 Å². The SMILES string of the molecule is c1ccc(-c2nc(-c3ccc4sc5ccccc5c4c3)nc(-c3nccc4c3ccc3oc5ccccc5c34)n2)cc1. The van der Waals surface area contributed by atoms with Crippen molar-refractivity contribution in [2.24, 2.45) is 0 Å². The molecule has 0 aliphatic carbocycles. The third-order valence-electron chi connectivity index (χ3n) is 7.80. The molecule has 0 aliphatic rings. The number of hydrogen-bond donors (Lipinski definition) is 0. The first-order chi connectivity index (χ1) is 20.8. The summed E-state index contributed by atoms with van der Waals surface area (Å²) in [5.74, 6) is 1.76. The van der Waals surface area contributed by atoms with Crippen molar-refractivity contribution in [1.82, 2.24) is 19.9 Å². The lowest BCUT2D eigenvalue weighted by Crippen LogP contribution is -2.01. The molecule has 0 amide bonds. The zero-order valence-electron chi connectivity index (χ0n) is 22.2. The van der Waals surface area contributed by atoms with Gasteiger partial charge in [0.2, 0.25) is 0 Å². The van der Waals surface area contributed by atoms with Crippen molar-refractivity contribution in [3.05, 3.63) is 121 Å². The van der Waals surface area contributed by atoms with Crippen LogP contribution in [0, 0.1) is 0 Å². The fraction of sp³-hybridized carbons (Fsp3) is 0. The third kappa shape index (κ3) is 3.56. The van der Waals surface area contributed by atoms with Crippen molar-refractivity contribution >= 4 is 64.2 Å². The molecule has 5 aromatic carbocycles. The summed E-state index contributed by atoms with van der Waals surface area (Å²) >= 11 is 1.80. The molecule has 42 heavy (non-hydrogen) atoms. The molecule has 0 radical (unpaired) electrons. The molecule has 0 spiro atoms. The van der Waals surface area contributed by atoms with Gasteiger partial charge in [0.1, 0.15) is 16.9 Å². The summed E-state index contributed by atoms with van der Waals surface area (Å²) in [7, 11) is 0. The van der Waals surface area contributed by atoms with E-state index in [-0.39, 0.29) is 0 Å². The maximum atomic E-state index is 6.16. The van der Waals surface area contributed by atoms with Crippen molar-refractivity contribution in [1.29, 1.82) is 0 Å². The van der Waals surface area contributed by atoms with Crippen molar-refractivity contribution in [2.45, 2.75) is 0 Å². The number of furan rings is 1. The van der Waals surface area contributed by atoms with Gasteiger partial charge in [-0.1, -0.05) is 66.7 Å². The Morgan fingerprint density at radius 3 is 2.12 bits per heavy atom. The zero-order chi connectivity index (χ0) is 27.6. The number of pyridine rings is 1. The topological polar surface area (TPSA) is 64.7 Å². The molecule has 4 aromatic heterocycles. The van der Waals surface area contributed by atoms with Crippen LogP contribution in [0.4, 0.5) is 0 Å². The van der Waals surface area contributed by atoms with E-state index in [1.807, 2.05) is 66.9 Å². The van der Waals surface area contributed by atoms with Gasteiger partial charge in [0.15, 0.2) is 17.5 Å². The summed E-state index contributed by atoms with van der Waals surface area (Å²) in [5.41, 5.74) is 4.29. The first kappa shape index (κ1) is 23.3. The van der Waals surface area contributed by atoms with Gasteiger partial charge < -0.3 is 4.42 Å². The van der Waals surface area contributed by atoms with Gasteiger partial charge in [-0.25, -0.2) is 15.0 Å². The van der Waals surface area contributed by atoms with E-state index in [2.05, 4.69) is 54.6 Å². The van der Waals surface area contributed by atoms with Crippen LogP contribution in [0.25, 0.3) is 87.2 Å². The van der Waals surface area contributed by atoms with Gasteiger partial charge in [-0.15, -0.1) is 11.3 Å². The molecule has 0 saturated heterocycles. The van der Waals surface area contributed by atoms with E-state index in [1.165, 1.54) is 20.2 Å². The highest BCUT2D eigenvalue weighted by Crippen LogP contribution is 2.38. The minimum absolute atomic E-state index is 0.534. The molecule has 9 rings (SSSR count). The van der Waals surface area contributed by atoms with Gasteiger partial charge in [0, 0.05) is 53.7 Å². The predicted octanol–water partition coefficient (Wildman–Crippen LogP) is 9.69. The molecular weight excluding hydrogens is 536 g/mol. The van der Waals surface area contributed by atoms with Crippen LogP contribution >= 0.6 is 11.3 Å². The molecule has 5 nitrogen and oxygen atoms in total. The van der Waals surface area contributed by atoms with E-state index in [1.54, 1.807) is 11.3 Å². The molecule has 196 valence electrons. The molecule has 0 atom stereocenters. The Morgan fingerprint density at radius 1 is 0.476 bits per heavy atom. The number of rotatable bonds is 3. The van der Waals surface area contributed by atoms with Crippen LogP contribution in [0.2, 0.25) is 0 Å². The van der Waals surface area contributed by atoms with Gasteiger partial charge in [-0.2, -0.15) is 0 Å². The Kier molecular flexibility index (Phi) is 5.00. The van der Waals surface area contributed by atoms with Crippen LogP contribution < -0.4 is 0 Å². The number of aromatic nitrogens is 4. The van der Waals surface area contributed by atoms with E-state index in [0.29, 0.717) is 23.2 Å². The Morgan fingerprint density at radius 2 is 1.21 bits per heavy atom. The summed E-state index contributed by atoms with van der Waals surface area (Å²) in [6.07, 6.45) is 1.83. The third-order valence-corrected chi connectivity index (χ3v) is 8.95. The van der Waals surface area contributed by atoms with Crippen LogP contribution in [0.5, 0.6) is 0 Å². The molecule has 9 aromatic rings. The lowest BCUT2D eigenvalue weighted by atomic mass is 10.0. The van der Waals surface area contributed by atoms with Crippen LogP contribution in [0.15, 0.2) is 126 Å². The zero-order valence-corrected chi connectivity index (χ0v) is 23.0. The van der Waals surface area contributed by atoms with E-state index < -0.39 is 0 Å². The standard InChI is InChI=1S/C36H20N4OS/c1-2-8-21(9-3-1)34-38-35(22-14-17-31-27(20-22)23-10-5-7-13-30(23)42-31)40-36(39-34)33-25-15-16-29-32(24(25)18-19-37-33)26-11-4-6-12-28(26)41-29/h1-20H. The number of nitrogens with zero attached hydrogens (tertiary/aromatic N) is 4. The van der Waals surface area contributed by atoms with Crippen molar-refractivity contribution in [3.63, 3.8) is 0 Å². The van der Waals surface area contributed by atoms with Gasteiger partial charge >= 0.3 is 0 Å². The van der Waals surface area contributed by atoms with Crippen LogP contribution in [0.1, 0.15) is 0 Å².